The molecule has 1 atom stereocenters. The van der Waals surface area contributed by atoms with Gasteiger partial charge in [-0.2, -0.15) is 0 Å². The minimum absolute atomic E-state index is 0.00166. The molecule has 1 unspecified atom stereocenters. The summed E-state index contributed by atoms with van der Waals surface area (Å²) in [4.78, 5) is 25.0. The molecular formula is C16H27N5O. The molecule has 2 rings (SSSR count). The van der Waals surface area contributed by atoms with Crippen LogP contribution < -0.4 is 5.32 Å². The summed E-state index contributed by atoms with van der Waals surface area (Å²) in [5.41, 5.74) is 0.438. The standard InChI is InChI=1S/C16H27N5O/c1-13-6-4-9-21(12-13)16(22)14-10-19-15(11-18-14)17-7-5-8-20(2)3/h10-11,13H,4-9,12H2,1-3H3,(H,17,19). The second-order valence-electron chi connectivity index (χ2n) is 6.37. The highest BCUT2D eigenvalue weighted by Crippen LogP contribution is 2.17. The van der Waals surface area contributed by atoms with Crippen molar-refractivity contribution in [2.24, 2.45) is 5.92 Å². The van der Waals surface area contributed by atoms with Crippen LogP contribution in [0.15, 0.2) is 12.4 Å². The number of carbonyl (C=O) groups is 1. The number of nitrogens with zero attached hydrogens (tertiary/aromatic N) is 4. The Kier molecular flexibility index (Phi) is 6.12. The Morgan fingerprint density at radius 3 is 2.86 bits per heavy atom. The van der Waals surface area contributed by atoms with E-state index in [9.17, 15) is 4.79 Å². The lowest BCUT2D eigenvalue weighted by Crippen LogP contribution is -2.39. The highest BCUT2D eigenvalue weighted by molar-refractivity contribution is 5.92. The van der Waals surface area contributed by atoms with Crippen LogP contribution in [0.3, 0.4) is 0 Å². The lowest BCUT2D eigenvalue weighted by Gasteiger charge is -2.30. The fourth-order valence-corrected chi connectivity index (χ4v) is 2.68. The van der Waals surface area contributed by atoms with Crippen LogP contribution in [0.5, 0.6) is 0 Å². The van der Waals surface area contributed by atoms with E-state index < -0.39 is 0 Å². The molecular weight excluding hydrogens is 278 g/mol. The Balaban J connectivity index is 1.84. The summed E-state index contributed by atoms with van der Waals surface area (Å²) < 4.78 is 0. The Morgan fingerprint density at radius 2 is 2.23 bits per heavy atom. The maximum atomic E-state index is 12.4. The molecule has 122 valence electrons. The number of hydrogen-bond donors (Lipinski definition) is 1. The number of rotatable bonds is 6. The molecule has 0 bridgehead atoms. The van der Waals surface area contributed by atoms with Crippen molar-refractivity contribution < 1.29 is 4.79 Å². The number of likely N-dealkylation sites (tertiary alicyclic amines) is 1. The van der Waals surface area contributed by atoms with E-state index in [0.29, 0.717) is 11.6 Å². The maximum absolute atomic E-state index is 12.4. The van der Waals surface area contributed by atoms with Gasteiger partial charge in [0.1, 0.15) is 11.5 Å². The van der Waals surface area contributed by atoms with Crippen LogP contribution in [0, 0.1) is 5.92 Å². The Hall–Kier alpha value is -1.69. The first-order chi connectivity index (χ1) is 10.6. The van der Waals surface area contributed by atoms with E-state index in [1.165, 1.54) is 6.42 Å². The molecule has 0 aromatic carbocycles. The molecule has 22 heavy (non-hydrogen) atoms. The van der Waals surface area contributed by atoms with Crippen molar-refractivity contribution in [2.45, 2.75) is 26.2 Å². The third kappa shape index (κ3) is 4.94. The largest absolute Gasteiger partial charge is 0.369 e. The molecule has 6 nitrogen and oxygen atoms in total. The number of carbonyl (C=O) groups excluding carboxylic acids is 1. The first kappa shape index (κ1) is 16.7. The highest BCUT2D eigenvalue weighted by atomic mass is 16.2. The fraction of sp³-hybridized carbons (Fsp3) is 0.688. The molecule has 1 aromatic rings. The predicted octanol–water partition coefficient (Wildman–Crippen LogP) is 1.71. The monoisotopic (exact) mass is 305 g/mol. The third-order valence-electron chi connectivity index (χ3n) is 3.90. The van der Waals surface area contributed by atoms with E-state index in [0.717, 1.165) is 44.8 Å². The number of nitrogens with one attached hydrogen (secondary N) is 1. The van der Waals surface area contributed by atoms with Gasteiger partial charge in [-0.05, 0) is 45.8 Å². The first-order valence-corrected chi connectivity index (χ1v) is 8.06. The van der Waals surface area contributed by atoms with Crippen molar-refractivity contribution >= 4 is 11.7 Å². The van der Waals surface area contributed by atoms with Crippen LogP contribution in [0.25, 0.3) is 0 Å². The minimum atomic E-state index is -0.00166. The van der Waals surface area contributed by atoms with E-state index in [2.05, 4.69) is 41.2 Å². The minimum Gasteiger partial charge on any atom is -0.369 e. The molecule has 6 heteroatoms. The SMILES string of the molecule is CC1CCCN(C(=O)c2cnc(NCCCN(C)C)cn2)C1. The van der Waals surface area contributed by atoms with Crippen LogP contribution in [0.2, 0.25) is 0 Å². The topological polar surface area (TPSA) is 61.4 Å². The lowest BCUT2D eigenvalue weighted by atomic mass is 10.0. The molecule has 1 fully saturated rings. The van der Waals surface area contributed by atoms with E-state index >= 15 is 0 Å². The van der Waals surface area contributed by atoms with Crippen molar-refractivity contribution in [2.75, 3.05) is 45.6 Å². The zero-order valence-electron chi connectivity index (χ0n) is 13.9. The molecule has 1 saturated heterocycles. The van der Waals surface area contributed by atoms with Gasteiger partial charge < -0.3 is 15.1 Å². The average Bonchev–Trinajstić information content (AvgIpc) is 2.51. The first-order valence-electron chi connectivity index (χ1n) is 8.06. The number of hydrogen-bond acceptors (Lipinski definition) is 5. The van der Waals surface area contributed by atoms with Crippen LogP contribution in [0.1, 0.15) is 36.7 Å². The van der Waals surface area contributed by atoms with Gasteiger partial charge in [-0.1, -0.05) is 6.92 Å². The predicted molar refractivity (Wildman–Crippen MR) is 88.0 cm³/mol. The van der Waals surface area contributed by atoms with Gasteiger partial charge in [0.15, 0.2) is 0 Å². The van der Waals surface area contributed by atoms with Crippen molar-refractivity contribution in [1.29, 1.82) is 0 Å². The van der Waals surface area contributed by atoms with E-state index in [-0.39, 0.29) is 5.91 Å². The van der Waals surface area contributed by atoms with Gasteiger partial charge in [0, 0.05) is 19.6 Å². The molecule has 0 spiro atoms. The van der Waals surface area contributed by atoms with Gasteiger partial charge in [0.2, 0.25) is 0 Å². The van der Waals surface area contributed by atoms with Gasteiger partial charge in [-0.15, -0.1) is 0 Å². The Morgan fingerprint density at radius 1 is 1.41 bits per heavy atom. The summed E-state index contributed by atoms with van der Waals surface area (Å²) in [6, 6.07) is 0. The number of anilines is 1. The summed E-state index contributed by atoms with van der Waals surface area (Å²) in [5.74, 6) is 1.30. The second kappa shape index (κ2) is 8.08. The van der Waals surface area contributed by atoms with Gasteiger partial charge in [0.05, 0.1) is 12.4 Å². The van der Waals surface area contributed by atoms with Crippen molar-refractivity contribution in [3.05, 3.63) is 18.1 Å². The summed E-state index contributed by atoms with van der Waals surface area (Å²) in [6.45, 7) is 5.72. The Bertz CT molecular complexity index is 474. The highest BCUT2D eigenvalue weighted by Gasteiger charge is 2.22. The smallest absolute Gasteiger partial charge is 0.274 e. The van der Waals surface area contributed by atoms with Gasteiger partial charge in [-0.3, -0.25) is 4.79 Å². The van der Waals surface area contributed by atoms with E-state index in [1.54, 1.807) is 12.4 Å². The summed E-state index contributed by atoms with van der Waals surface area (Å²) in [7, 11) is 4.11. The summed E-state index contributed by atoms with van der Waals surface area (Å²) >= 11 is 0. The van der Waals surface area contributed by atoms with Crippen molar-refractivity contribution in [3.8, 4) is 0 Å². The van der Waals surface area contributed by atoms with Crippen LogP contribution in [0.4, 0.5) is 5.82 Å². The van der Waals surface area contributed by atoms with Crippen LogP contribution in [-0.4, -0.2) is 65.9 Å². The normalized spacial score (nSPS) is 18.5. The van der Waals surface area contributed by atoms with E-state index in [4.69, 9.17) is 0 Å². The number of aromatic nitrogens is 2. The molecule has 0 aliphatic carbocycles. The zero-order valence-corrected chi connectivity index (χ0v) is 13.9. The van der Waals surface area contributed by atoms with Crippen LogP contribution >= 0.6 is 0 Å². The maximum Gasteiger partial charge on any atom is 0.274 e. The molecule has 2 heterocycles. The molecule has 0 radical (unpaired) electrons. The molecule has 1 aliphatic heterocycles. The molecule has 1 N–H and O–H groups in total. The number of amides is 1. The van der Waals surface area contributed by atoms with Gasteiger partial charge >= 0.3 is 0 Å². The summed E-state index contributed by atoms with van der Waals surface area (Å²) in [5, 5.41) is 3.23. The van der Waals surface area contributed by atoms with E-state index in [1.807, 2.05) is 4.90 Å². The molecule has 1 aromatic heterocycles. The van der Waals surface area contributed by atoms with Crippen LogP contribution in [-0.2, 0) is 0 Å². The number of piperidine rings is 1. The van der Waals surface area contributed by atoms with Crippen molar-refractivity contribution in [1.82, 2.24) is 19.8 Å². The quantitative estimate of drug-likeness (QED) is 0.811. The molecule has 1 amide bonds. The molecule has 0 saturated carbocycles. The average molecular weight is 305 g/mol. The zero-order chi connectivity index (χ0) is 15.9. The van der Waals surface area contributed by atoms with Gasteiger partial charge in [0.25, 0.3) is 5.91 Å². The Labute approximate surface area is 132 Å². The van der Waals surface area contributed by atoms with Gasteiger partial charge in [-0.25, -0.2) is 9.97 Å². The van der Waals surface area contributed by atoms with Crippen molar-refractivity contribution in [3.63, 3.8) is 0 Å². The fourth-order valence-electron chi connectivity index (χ4n) is 2.68. The second-order valence-corrected chi connectivity index (χ2v) is 6.37. The molecule has 1 aliphatic rings. The lowest BCUT2D eigenvalue weighted by molar-refractivity contribution is 0.0676. The summed E-state index contributed by atoms with van der Waals surface area (Å²) in [6.07, 6.45) is 6.55. The third-order valence-corrected chi connectivity index (χ3v) is 3.90.